The topological polar surface area (TPSA) is 43.8 Å². The quantitative estimate of drug-likeness (QED) is 0.853. The number of hydrogen-bond acceptors (Lipinski definition) is 2. The molecule has 18 heavy (non-hydrogen) atoms. The lowest BCUT2D eigenvalue weighted by atomic mass is 10.0. The van der Waals surface area contributed by atoms with Crippen LogP contribution in [0.15, 0.2) is 30.6 Å². The highest BCUT2D eigenvalue weighted by molar-refractivity contribution is 14.1. The maximum absolute atomic E-state index is 13.1. The van der Waals surface area contributed by atoms with Crippen LogP contribution in [0.4, 0.5) is 4.39 Å². The summed E-state index contributed by atoms with van der Waals surface area (Å²) in [5.41, 5.74) is 8.07. The smallest absolute Gasteiger partial charge is 0.124 e. The molecule has 0 aliphatic carbocycles. The predicted molar refractivity (Wildman–Crippen MR) is 77.7 cm³/mol. The summed E-state index contributed by atoms with van der Waals surface area (Å²) in [5, 5.41) is 4.26. The Morgan fingerprint density at radius 3 is 2.94 bits per heavy atom. The number of nitrogens with two attached hydrogens (primary N) is 1. The lowest BCUT2D eigenvalue weighted by Gasteiger charge is -2.12. The maximum atomic E-state index is 13.1. The van der Waals surface area contributed by atoms with Gasteiger partial charge in [-0.2, -0.15) is 5.10 Å². The molecule has 0 amide bonds. The van der Waals surface area contributed by atoms with Gasteiger partial charge in [-0.3, -0.25) is 4.68 Å². The van der Waals surface area contributed by atoms with Crippen molar-refractivity contribution in [3.05, 3.63) is 51.1 Å². The lowest BCUT2D eigenvalue weighted by molar-refractivity contribution is 0.601. The highest BCUT2D eigenvalue weighted by Crippen LogP contribution is 2.24. The Morgan fingerprint density at radius 1 is 1.50 bits per heavy atom. The number of aromatic nitrogens is 2. The Balaban J connectivity index is 2.26. The zero-order valence-electron chi connectivity index (χ0n) is 10.1. The number of halogens is 2. The Hall–Kier alpha value is -0.950. The predicted octanol–water partition coefficient (Wildman–Crippen LogP) is 3.08. The van der Waals surface area contributed by atoms with Crippen molar-refractivity contribution in [1.29, 1.82) is 0 Å². The molecule has 1 aromatic carbocycles. The number of benzene rings is 1. The molecule has 0 aliphatic heterocycles. The van der Waals surface area contributed by atoms with Crippen molar-refractivity contribution in [3.63, 3.8) is 0 Å². The van der Waals surface area contributed by atoms with Crippen LogP contribution >= 0.6 is 22.6 Å². The van der Waals surface area contributed by atoms with Crippen LogP contribution in [0.1, 0.15) is 30.5 Å². The van der Waals surface area contributed by atoms with Crippen LogP contribution in [0.3, 0.4) is 0 Å². The monoisotopic (exact) mass is 359 g/mol. The van der Waals surface area contributed by atoms with Gasteiger partial charge in [0.05, 0.1) is 12.2 Å². The molecular weight excluding hydrogens is 344 g/mol. The summed E-state index contributed by atoms with van der Waals surface area (Å²) in [7, 11) is 0. The summed E-state index contributed by atoms with van der Waals surface area (Å²) >= 11 is 2.10. The van der Waals surface area contributed by atoms with E-state index in [1.54, 1.807) is 12.3 Å². The first-order valence-electron chi connectivity index (χ1n) is 5.84. The molecular formula is C13H15FIN3. The van der Waals surface area contributed by atoms with Crippen molar-refractivity contribution in [3.8, 4) is 0 Å². The van der Waals surface area contributed by atoms with E-state index in [0.29, 0.717) is 0 Å². The first-order valence-corrected chi connectivity index (χ1v) is 6.92. The van der Waals surface area contributed by atoms with Gasteiger partial charge in [0.2, 0.25) is 0 Å². The number of nitrogens with zero attached hydrogens (tertiary/aromatic N) is 2. The van der Waals surface area contributed by atoms with Crippen molar-refractivity contribution in [2.45, 2.75) is 25.9 Å². The highest BCUT2D eigenvalue weighted by Gasteiger charge is 2.14. The highest BCUT2D eigenvalue weighted by atomic mass is 127. The third-order valence-electron chi connectivity index (χ3n) is 2.76. The molecule has 2 rings (SSSR count). The molecule has 0 bridgehead atoms. The van der Waals surface area contributed by atoms with E-state index < -0.39 is 0 Å². The van der Waals surface area contributed by atoms with E-state index in [1.807, 2.05) is 10.9 Å². The Kier molecular flexibility index (Phi) is 4.34. The number of hydrogen-bond donors (Lipinski definition) is 1. The SMILES string of the molecule is CCCn1cc(C(N)c2ccc(F)cc2I)cn1. The van der Waals surface area contributed by atoms with Crippen molar-refractivity contribution < 1.29 is 4.39 Å². The third kappa shape index (κ3) is 2.89. The molecule has 0 saturated carbocycles. The number of aryl methyl sites for hydroxylation is 1. The summed E-state index contributed by atoms with van der Waals surface area (Å²) in [4.78, 5) is 0. The van der Waals surface area contributed by atoms with Gasteiger partial charge < -0.3 is 5.73 Å². The van der Waals surface area contributed by atoms with Crippen LogP contribution in [0, 0.1) is 9.39 Å². The molecule has 1 heterocycles. The number of rotatable bonds is 4. The van der Waals surface area contributed by atoms with E-state index in [1.165, 1.54) is 12.1 Å². The van der Waals surface area contributed by atoms with E-state index in [0.717, 1.165) is 27.7 Å². The summed E-state index contributed by atoms with van der Waals surface area (Å²) in [6, 6.07) is 4.40. The zero-order valence-corrected chi connectivity index (χ0v) is 12.3. The molecule has 2 N–H and O–H groups in total. The minimum atomic E-state index is -0.261. The fourth-order valence-electron chi connectivity index (χ4n) is 1.82. The van der Waals surface area contributed by atoms with Crippen LogP contribution in [0.25, 0.3) is 0 Å². The van der Waals surface area contributed by atoms with E-state index in [9.17, 15) is 4.39 Å². The van der Waals surface area contributed by atoms with Crippen LogP contribution in [0.5, 0.6) is 0 Å². The van der Waals surface area contributed by atoms with Gasteiger partial charge in [0.15, 0.2) is 0 Å². The molecule has 0 saturated heterocycles. The molecule has 2 aromatic rings. The first kappa shape index (κ1) is 13.5. The second kappa shape index (κ2) is 5.79. The summed E-state index contributed by atoms with van der Waals surface area (Å²) in [6.07, 6.45) is 4.76. The van der Waals surface area contributed by atoms with Gasteiger partial charge in [0.1, 0.15) is 5.82 Å². The van der Waals surface area contributed by atoms with Crippen molar-refractivity contribution >= 4 is 22.6 Å². The summed E-state index contributed by atoms with van der Waals surface area (Å²) < 4.78 is 15.8. The fourth-order valence-corrected chi connectivity index (χ4v) is 2.64. The fraction of sp³-hybridized carbons (Fsp3) is 0.308. The van der Waals surface area contributed by atoms with Gasteiger partial charge in [0.25, 0.3) is 0 Å². The van der Waals surface area contributed by atoms with Crippen LogP contribution in [-0.4, -0.2) is 9.78 Å². The molecule has 5 heteroatoms. The average molecular weight is 359 g/mol. The minimum Gasteiger partial charge on any atom is -0.320 e. The molecule has 0 fully saturated rings. The largest absolute Gasteiger partial charge is 0.320 e. The van der Waals surface area contributed by atoms with Gasteiger partial charge in [-0.15, -0.1) is 0 Å². The summed E-state index contributed by atoms with van der Waals surface area (Å²) in [6.45, 7) is 2.98. The Bertz CT molecular complexity index is 539. The molecule has 1 aromatic heterocycles. The van der Waals surface area contributed by atoms with Gasteiger partial charge in [-0.1, -0.05) is 13.0 Å². The third-order valence-corrected chi connectivity index (χ3v) is 3.70. The van der Waals surface area contributed by atoms with E-state index in [2.05, 4.69) is 34.6 Å². The zero-order chi connectivity index (χ0) is 13.1. The van der Waals surface area contributed by atoms with Gasteiger partial charge in [-0.25, -0.2) is 4.39 Å². The minimum absolute atomic E-state index is 0.239. The average Bonchev–Trinajstić information content (AvgIpc) is 2.77. The van der Waals surface area contributed by atoms with E-state index >= 15 is 0 Å². The standard InChI is InChI=1S/C13H15FIN3/c1-2-5-18-8-9(7-17-18)13(16)11-4-3-10(14)6-12(11)15/h3-4,6-8,13H,2,5,16H2,1H3. The normalized spacial score (nSPS) is 12.7. The van der Waals surface area contributed by atoms with Crippen LogP contribution in [-0.2, 0) is 6.54 Å². The van der Waals surface area contributed by atoms with E-state index in [4.69, 9.17) is 5.73 Å². The Morgan fingerprint density at radius 2 is 2.28 bits per heavy atom. The lowest BCUT2D eigenvalue weighted by Crippen LogP contribution is -2.13. The molecule has 1 unspecified atom stereocenters. The van der Waals surface area contributed by atoms with E-state index in [-0.39, 0.29) is 11.9 Å². The molecule has 1 atom stereocenters. The maximum Gasteiger partial charge on any atom is 0.124 e. The van der Waals surface area contributed by atoms with Gasteiger partial charge in [0, 0.05) is 21.9 Å². The molecule has 3 nitrogen and oxygen atoms in total. The molecule has 0 radical (unpaired) electrons. The van der Waals surface area contributed by atoms with Crippen molar-refractivity contribution in [2.24, 2.45) is 5.73 Å². The Labute approximate surface area is 119 Å². The first-order chi connectivity index (χ1) is 8.61. The van der Waals surface area contributed by atoms with Crippen LogP contribution in [0.2, 0.25) is 0 Å². The van der Waals surface area contributed by atoms with Crippen LogP contribution < -0.4 is 5.73 Å². The molecule has 96 valence electrons. The van der Waals surface area contributed by atoms with Gasteiger partial charge >= 0.3 is 0 Å². The van der Waals surface area contributed by atoms with Crippen molar-refractivity contribution in [2.75, 3.05) is 0 Å². The summed E-state index contributed by atoms with van der Waals surface area (Å²) in [5.74, 6) is -0.239. The van der Waals surface area contributed by atoms with Crippen molar-refractivity contribution in [1.82, 2.24) is 9.78 Å². The molecule has 0 aliphatic rings. The van der Waals surface area contributed by atoms with Gasteiger partial charge in [-0.05, 0) is 46.7 Å². The molecule has 0 spiro atoms. The second-order valence-electron chi connectivity index (χ2n) is 4.18. The second-order valence-corrected chi connectivity index (χ2v) is 5.34.